The van der Waals surface area contributed by atoms with E-state index in [9.17, 15) is 9.18 Å². The molecule has 0 heterocycles. The lowest BCUT2D eigenvalue weighted by molar-refractivity contribution is -0.152. The number of carbonyl (C=O) groups is 1. The molecule has 0 aromatic heterocycles. The van der Waals surface area contributed by atoms with Crippen LogP contribution in [0.4, 0.5) is 4.39 Å². The van der Waals surface area contributed by atoms with Crippen molar-refractivity contribution in [3.8, 4) is 6.07 Å². The summed E-state index contributed by atoms with van der Waals surface area (Å²) in [5, 5.41) is 8.24. The Balaban J connectivity index is 2.42. The summed E-state index contributed by atoms with van der Waals surface area (Å²) in [5.41, 5.74) is -1.78. The number of nitriles is 1. The molecule has 0 aliphatic heterocycles. The number of methoxy groups -OCH3 is 1. The number of ether oxygens (including phenoxy) is 1. The summed E-state index contributed by atoms with van der Waals surface area (Å²) in [5.74, 6) is -0.835. The molecule has 0 spiro atoms. The third-order valence-electron chi connectivity index (χ3n) is 1.87. The molecule has 1 aliphatic carbocycles. The lowest BCUT2D eigenvalue weighted by Crippen LogP contribution is -2.42. The zero-order valence-electron chi connectivity index (χ0n) is 6.13. The topological polar surface area (TPSA) is 50.1 Å². The van der Waals surface area contributed by atoms with Crippen LogP contribution < -0.4 is 0 Å². The van der Waals surface area contributed by atoms with E-state index in [4.69, 9.17) is 5.26 Å². The van der Waals surface area contributed by atoms with Crippen LogP contribution >= 0.6 is 0 Å². The van der Waals surface area contributed by atoms with E-state index in [-0.39, 0.29) is 12.8 Å². The van der Waals surface area contributed by atoms with Crippen LogP contribution in [0.1, 0.15) is 12.8 Å². The SMILES string of the molecule is COC(=O)C1CC(F)(C#N)C1. The summed E-state index contributed by atoms with van der Waals surface area (Å²) in [6.45, 7) is 0. The number of esters is 1. The largest absolute Gasteiger partial charge is 0.469 e. The average Bonchev–Trinajstić information content (AvgIpc) is 1.97. The van der Waals surface area contributed by atoms with Gasteiger partial charge in [0.25, 0.3) is 0 Å². The summed E-state index contributed by atoms with van der Waals surface area (Å²) in [6, 6.07) is 1.51. The fraction of sp³-hybridized carbons (Fsp3) is 0.714. The molecule has 0 atom stereocenters. The van der Waals surface area contributed by atoms with Crippen molar-refractivity contribution in [2.24, 2.45) is 5.92 Å². The second-order valence-electron chi connectivity index (χ2n) is 2.71. The third kappa shape index (κ3) is 1.32. The fourth-order valence-electron chi connectivity index (χ4n) is 1.15. The van der Waals surface area contributed by atoms with Crippen molar-refractivity contribution < 1.29 is 13.9 Å². The standard InChI is InChI=1S/C7H8FNO2/c1-11-6(10)5-2-7(8,3-5)4-9/h5H,2-3H2,1H3. The van der Waals surface area contributed by atoms with Crippen molar-refractivity contribution in [3.05, 3.63) is 0 Å². The monoisotopic (exact) mass is 157 g/mol. The van der Waals surface area contributed by atoms with Crippen LogP contribution in [0, 0.1) is 17.2 Å². The Morgan fingerprint density at radius 2 is 2.36 bits per heavy atom. The Bertz CT molecular complexity index is 215. The van der Waals surface area contributed by atoms with Gasteiger partial charge in [0, 0.05) is 12.8 Å². The Labute approximate surface area is 63.8 Å². The molecule has 0 unspecified atom stereocenters. The molecule has 1 fully saturated rings. The number of halogens is 1. The maximum Gasteiger partial charge on any atom is 0.308 e. The van der Waals surface area contributed by atoms with Crippen LogP contribution in [0.2, 0.25) is 0 Å². The van der Waals surface area contributed by atoms with Crippen molar-refractivity contribution in [1.29, 1.82) is 5.26 Å². The molecule has 0 aromatic carbocycles. The highest BCUT2D eigenvalue weighted by atomic mass is 19.1. The molecule has 0 bridgehead atoms. The van der Waals surface area contributed by atoms with Gasteiger partial charge in [-0.2, -0.15) is 5.26 Å². The Morgan fingerprint density at radius 1 is 1.82 bits per heavy atom. The normalized spacial score (nSPS) is 35.2. The predicted molar refractivity (Wildman–Crippen MR) is 34.2 cm³/mol. The molecule has 0 aromatic rings. The van der Waals surface area contributed by atoms with Gasteiger partial charge < -0.3 is 4.74 Å². The first-order chi connectivity index (χ1) is 5.11. The van der Waals surface area contributed by atoms with Gasteiger partial charge in [0.1, 0.15) is 6.07 Å². The number of carbonyl (C=O) groups excluding carboxylic acids is 1. The van der Waals surface area contributed by atoms with Crippen molar-refractivity contribution in [1.82, 2.24) is 0 Å². The van der Waals surface area contributed by atoms with Crippen molar-refractivity contribution in [3.63, 3.8) is 0 Å². The van der Waals surface area contributed by atoms with Gasteiger partial charge in [-0.15, -0.1) is 0 Å². The molecule has 0 radical (unpaired) electrons. The minimum atomic E-state index is -1.78. The molecule has 1 rings (SSSR count). The van der Waals surface area contributed by atoms with Gasteiger partial charge >= 0.3 is 5.97 Å². The minimum absolute atomic E-state index is 0.0177. The second-order valence-corrected chi connectivity index (χ2v) is 2.71. The molecule has 0 amide bonds. The number of alkyl halides is 1. The van der Waals surface area contributed by atoms with Crippen molar-refractivity contribution >= 4 is 5.97 Å². The third-order valence-corrected chi connectivity index (χ3v) is 1.87. The Kier molecular flexibility index (Phi) is 1.81. The minimum Gasteiger partial charge on any atom is -0.469 e. The summed E-state index contributed by atoms with van der Waals surface area (Å²) in [4.78, 5) is 10.7. The maximum absolute atomic E-state index is 12.8. The second kappa shape index (κ2) is 2.50. The Morgan fingerprint density at radius 3 is 2.73 bits per heavy atom. The average molecular weight is 157 g/mol. The predicted octanol–water partition coefficient (Wildman–Crippen LogP) is 0.801. The zero-order chi connectivity index (χ0) is 8.48. The van der Waals surface area contributed by atoms with E-state index in [1.807, 2.05) is 0 Å². The summed E-state index contributed by atoms with van der Waals surface area (Å²) in [6.07, 6.45) is -0.0354. The molecule has 0 saturated heterocycles. The highest BCUT2D eigenvalue weighted by molar-refractivity contribution is 5.74. The summed E-state index contributed by atoms with van der Waals surface area (Å²) in [7, 11) is 1.26. The van der Waals surface area contributed by atoms with Gasteiger partial charge in [-0.1, -0.05) is 0 Å². The van der Waals surface area contributed by atoms with E-state index in [1.165, 1.54) is 13.2 Å². The van der Waals surface area contributed by atoms with Crippen LogP contribution in [-0.4, -0.2) is 18.7 Å². The molecule has 11 heavy (non-hydrogen) atoms. The van der Waals surface area contributed by atoms with Crippen LogP contribution in [0.15, 0.2) is 0 Å². The van der Waals surface area contributed by atoms with Gasteiger partial charge in [0.2, 0.25) is 0 Å². The highest BCUT2D eigenvalue weighted by Gasteiger charge is 2.49. The van der Waals surface area contributed by atoms with Gasteiger partial charge in [-0.3, -0.25) is 4.79 Å². The molecule has 3 nitrogen and oxygen atoms in total. The fourth-order valence-corrected chi connectivity index (χ4v) is 1.15. The first kappa shape index (κ1) is 7.99. The maximum atomic E-state index is 12.8. The first-order valence-electron chi connectivity index (χ1n) is 3.29. The van der Waals surface area contributed by atoms with E-state index < -0.39 is 17.6 Å². The van der Waals surface area contributed by atoms with Crippen LogP contribution in [0.5, 0.6) is 0 Å². The van der Waals surface area contributed by atoms with Gasteiger partial charge in [0.05, 0.1) is 13.0 Å². The van der Waals surface area contributed by atoms with E-state index in [1.54, 1.807) is 0 Å². The number of nitrogens with zero attached hydrogens (tertiary/aromatic N) is 1. The molecule has 1 aliphatic rings. The zero-order valence-corrected chi connectivity index (χ0v) is 6.13. The first-order valence-corrected chi connectivity index (χ1v) is 3.29. The van der Waals surface area contributed by atoms with Crippen LogP contribution in [0.25, 0.3) is 0 Å². The Hall–Kier alpha value is -1.11. The lowest BCUT2D eigenvalue weighted by Gasteiger charge is -2.33. The van der Waals surface area contributed by atoms with E-state index in [0.29, 0.717) is 0 Å². The van der Waals surface area contributed by atoms with E-state index in [2.05, 4.69) is 4.74 Å². The number of rotatable bonds is 1. The molecular weight excluding hydrogens is 149 g/mol. The highest BCUT2D eigenvalue weighted by Crippen LogP contribution is 2.41. The van der Waals surface area contributed by atoms with Crippen LogP contribution in [0.3, 0.4) is 0 Å². The summed E-state index contributed by atoms with van der Waals surface area (Å²) >= 11 is 0. The van der Waals surface area contributed by atoms with Crippen molar-refractivity contribution in [2.45, 2.75) is 18.5 Å². The van der Waals surface area contributed by atoms with Gasteiger partial charge in [-0.05, 0) is 0 Å². The van der Waals surface area contributed by atoms with Gasteiger partial charge in [-0.25, -0.2) is 4.39 Å². The van der Waals surface area contributed by atoms with Crippen LogP contribution in [-0.2, 0) is 9.53 Å². The van der Waals surface area contributed by atoms with E-state index >= 15 is 0 Å². The summed E-state index contributed by atoms with van der Waals surface area (Å²) < 4.78 is 17.2. The quantitative estimate of drug-likeness (QED) is 0.529. The molecule has 0 N–H and O–H groups in total. The van der Waals surface area contributed by atoms with E-state index in [0.717, 1.165) is 0 Å². The lowest BCUT2D eigenvalue weighted by atomic mass is 9.73. The molecule has 4 heteroatoms. The molecule has 60 valence electrons. The molecule has 1 saturated carbocycles. The molecular formula is C7H8FNO2. The van der Waals surface area contributed by atoms with Crippen molar-refractivity contribution in [2.75, 3.05) is 7.11 Å². The number of hydrogen-bond acceptors (Lipinski definition) is 3. The number of hydrogen-bond donors (Lipinski definition) is 0. The van der Waals surface area contributed by atoms with Gasteiger partial charge in [0.15, 0.2) is 5.67 Å². The smallest absolute Gasteiger partial charge is 0.308 e.